The van der Waals surface area contributed by atoms with Gasteiger partial charge in [0.25, 0.3) is 0 Å². The average Bonchev–Trinajstić information content (AvgIpc) is 3.49. The first-order chi connectivity index (χ1) is 17.1. The van der Waals surface area contributed by atoms with Crippen LogP contribution in [0, 0.1) is 0 Å². The molecule has 2 aromatic heterocycles. The van der Waals surface area contributed by atoms with Crippen LogP contribution in [0.3, 0.4) is 0 Å². The van der Waals surface area contributed by atoms with E-state index in [1.807, 2.05) is 43.8 Å². The zero-order valence-electron chi connectivity index (χ0n) is 20.5. The molecule has 0 aliphatic carbocycles. The van der Waals surface area contributed by atoms with Gasteiger partial charge in [-0.1, -0.05) is 30.3 Å². The van der Waals surface area contributed by atoms with Crippen LogP contribution in [0.5, 0.6) is 0 Å². The second kappa shape index (κ2) is 12.9. The van der Waals surface area contributed by atoms with Gasteiger partial charge in [0.2, 0.25) is 5.28 Å². The van der Waals surface area contributed by atoms with E-state index in [2.05, 4.69) is 32.1 Å². The zero-order valence-corrected chi connectivity index (χ0v) is 22.1. The molecule has 1 saturated heterocycles. The quantitative estimate of drug-likeness (QED) is 0.172. The van der Waals surface area contributed by atoms with Crippen molar-refractivity contribution in [2.45, 2.75) is 45.6 Å². The van der Waals surface area contributed by atoms with Gasteiger partial charge in [-0.25, -0.2) is 4.68 Å². The van der Waals surface area contributed by atoms with E-state index in [1.165, 1.54) is 5.56 Å². The predicted molar refractivity (Wildman–Crippen MR) is 138 cm³/mol. The highest BCUT2D eigenvalue weighted by Gasteiger charge is 2.29. The number of anilines is 1. The Labute approximate surface area is 212 Å². The number of fused-ring (bicyclic) bond motifs is 1. The third-order valence-electron chi connectivity index (χ3n) is 5.66. The first-order valence-electron chi connectivity index (χ1n) is 12.0. The van der Waals surface area contributed by atoms with Crippen LogP contribution in [-0.2, 0) is 25.1 Å². The fourth-order valence-corrected chi connectivity index (χ4v) is 5.46. The van der Waals surface area contributed by atoms with Gasteiger partial charge < -0.3 is 23.4 Å². The van der Waals surface area contributed by atoms with Crippen molar-refractivity contribution in [1.29, 1.82) is 0 Å². The van der Waals surface area contributed by atoms with Gasteiger partial charge in [0, 0.05) is 19.8 Å². The molecule has 0 bridgehead atoms. The molecule has 1 fully saturated rings. The van der Waals surface area contributed by atoms with Crippen LogP contribution in [0.25, 0.3) is 11.0 Å². The number of ether oxygens (including phenoxy) is 2. The molecule has 0 amide bonds. The Balaban J connectivity index is 1.37. The molecule has 9 nitrogen and oxygen atoms in total. The van der Waals surface area contributed by atoms with E-state index in [4.69, 9.17) is 30.1 Å². The second-order valence-electron chi connectivity index (χ2n) is 8.24. The van der Waals surface area contributed by atoms with Crippen LogP contribution < -0.4 is 4.90 Å². The molecule has 0 radical (unpaired) electrons. The lowest BCUT2D eigenvalue weighted by Crippen LogP contribution is -2.19. The maximum atomic E-state index is 6.32. The van der Waals surface area contributed by atoms with Crippen molar-refractivity contribution < 1.29 is 18.5 Å². The lowest BCUT2D eigenvalue weighted by molar-refractivity contribution is -0.0421. The van der Waals surface area contributed by atoms with Crippen LogP contribution in [0.4, 0.5) is 5.82 Å². The van der Waals surface area contributed by atoms with E-state index in [0.717, 1.165) is 30.2 Å². The Kier molecular flexibility index (Phi) is 9.66. The van der Waals surface area contributed by atoms with E-state index >= 15 is 0 Å². The number of rotatable bonds is 13. The van der Waals surface area contributed by atoms with E-state index in [1.54, 1.807) is 6.20 Å². The van der Waals surface area contributed by atoms with Crippen molar-refractivity contribution in [2.24, 2.45) is 0 Å². The third kappa shape index (κ3) is 6.88. The summed E-state index contributed by atoms with van der Waals surface area (Å²) in [6.45, 7) is 7.05. The molecule has 2 unspecified atom stereocenters. The van der Waals surface area contributed by atoms with Crippen LogP contribution in [0.2, 0.25) is 5.28 Å². The molecule has 0 saturated carbocycles. The normalized spacial score (nSPS) is 18.1. The first-order valence-corrected chi connectivity index (χ1v) is 13.8. The fourth-order valence-electron chi connectivity index (χ4n) is 4.12. The molecule has 1 aromatic carbocycles. The van der Waals surface area contributed by atoms with Crippen LogP contribution in [-0.4, -0.2) is 65.5 Å². The highest BCUT2D eigenvalue weighted by atomic mass is 35.5. The van der Waals surface area contributed by atoms with Crippen molar-refractivity contribution in [3.8, 4) is 0 Å². The van der Waals surface area contributed by atoms with Gasteiger partial charge >= 0.3 is 0 Å². The third-order valence-corrected chi connectivity index (χ3v) is 7.47. The Morgan fingerprint density at radius 1 is 1.14 bits per heavy atom. The van der Waals surface area contributed by atoms with Gasteiger partial charge in [-0.2, -0.15) is 15.1 Å². The van der Waals surface area contributed by atoms with Crippen molar-refractivity contribution in [3.63, 3.8) is 0 Å². The largest absolute Gasteiger partial charge is 0.378 e. The summed E-state index contributed by atoms with van der Waals surface area (Å²) >= 11 is 6.32. The zero-order chi connectivity index (χ0) is 24.6. The van der Waals surface area contributed by atoms with Gasteiger partial charge in [0.15, 0.2) is 20.3 Å². The van der Waals surface area contributed by atoms with Crippen molar-refractivity contribution in [3.05, 3.63) is 47.4 Å². The molecule has 190 valence electrons. The molecular formula is C24H33ClN5O4P. The van der Waals surface area contributed by atoms with E-state index in [9.17, 15) is 0 Å². The Bertz CT molecular complexity index is 1070. The highest BCUT2D eigenvalue weighted by molar-refractivity contribution is 7.47. The van der Waals surface area contributed by atoms with E-state index in [-0.39, 0.29) is 17.6 Å². The molecule has 0 spiro atoms. The lowest BCUT2D eigenvalue weighted by atomic mass is 10.2. The standard InChI is InChI=1S/C24H33ClN5O4P/c1-4-32-35(33-5-2)14-13-31-17-19-11-12-21(34-19)30-23-20(15-26-30)22(27-24(25)28-23)29(3)16-18-9-7-6-8-10-18/h6-10,15,19,21H,4-5,11-14,16-17H2,1-3H3. The Hall–Kier alpha value is -1.87. The Morgan fingerprint density at radius 2 is 1.91 bits per heavy atom. The van der Waals surface area contributed by atoms with Gasteiger partial charge in [-0.05, 0) is 43.9 Å². The fraction of sp³-hybridized carbons (Fsp3) is 0.542. The molecule has 2 atom stereocenters. The van der Waals surface area contributed by atoms with Crippen LogP contribution >= 0.6 is 20.0 Å². The number of benzene rings is 1. The van der Waals surface area contributed by atoms with E-state index < -0.39 is 8.38 Å². The minimum absolute atomic E-state index is 0.00204. The highest BCUT2D eigenvalue weighted by Crippen LogP contribution is 2.37. The second-order valence-corrected chi connectivity index (χ2v) is 10.2. The van der Waals surface area contributed by atoms with Gasteiger partial charge in [0.1, 0.15) is 5.82 Å². The summed E-state index contributed by atoms with van der Waals surface area (Å²) < 4.78 is 25.2. The summed E-state index contributed by atoms with van der Waals surface area (Å²) in [5.41, 5.74) is 1.85. The average molecular weight is 522 g/mol. The summed E-state index contributed by atoms with van der Waals surface area (Å²) in [7, 11) is 1.11. The SMILES string of the molecule is CCOP(CCOCC1CCC(n2ncc3c(N(C)Cc4ccccc4)nc(Cl)nc32)O1)OCC. The Morgan fingerprint density at radius 3 is 2.66 bits per heavy atom. The number of hydrogen-bond donors (Lipinski definition) is 0. The van der Waals surface area contributed by atoms with Gasteiger partial charge in [-0.15, -0.1) is 0 Å². The van der Waals surface area contributed by atoms with Crippen molar-refractivity contribution >= 4 is 36.8 Å². The monoisotopic (exact) mass is 521 g/mol. The molecule has 35 heavy (non-hydrogen) atoms. The van der Waals surface area contributed by atoms with Crippen molar-refractivity contribution in [1.82, 2.24) is 19.7 Å². The summed E-state index contributed by atoms with van der Waals surface area (Å²) in [5, 5.41) is 5.63. The summed E-state index contributed by atoms with van der Waals surface area (Å²) in [5.74, 6) is 0.744. The summed E-state index contributed by atoms with van der Waals surface area (Å²) in [4.78, 5) is 11.0. The minimum atomic E-state index is -0.882. The molecule has 3 heterocycles. The van der Waals surface area contributed by atoms with Crippen LogP contribution in [0.1, 0.15) is 38.5 Å². The summed E-state index contributed by atoms with van der Waals surface area (Å²) in [6, 6.07) is 10.2. The van der Waals surface area contributed by atoms with Gasteiger partial charge in [-0.3, -0.25) is 0 Å². The first kappa shape index (κ1) is 26.2. The number of hydrogen-bond acceptors (Lipinski definition) is 8. The minimum Gasteiger partial charge on any atom is -0.378 e. The number of aromatic nitrogens is 4. The number of nitrogens with zero attached hydrogens (tertiary/aromatic N) is 5. The topological polar surface area (TPSA) is 83.8 Å². The molecule has 11 heteroatoms. The summed E-state index contributed by atoms with van der Waals surface area (Å²) in [6.07, 6.45) is 4.04. The van der Waals surface area contributed by atoms with Crippen molar-refractivity contribution in [2.75, 3.05) is 44.5 Å². The number of halogens is 1. The lowest BCUT2D eigenvalue weighted by Gasteiger charge is -2.19. The molecule has 3 aromatic rings. The maximum Gasteiger partial charge on any atom is 0.226 e. The molecule has 1 aliphatic heterocycles. The molecule has 1 aliphatic rings. The molecule has 0 N–H and O–H groups in total. The molecule has 4 rings (SSSR count). The maximum absolute atomic E-state index is 6.32. The van der Waals surface area contributed by atoms with Gasteiger partial charge in [0.05, 0.1) is 44.1 Å². The predicted octanol–water partition coefficient (Wildman–Crippen LogP) is 5.20. The van der Waals surface area contributed by atoms with Crippen LogP contribution in [0.15, 0.2) is 36.5 Å². The van der Waals surface area contributed by atoms with E-state index in [0.29, 0.717) is 38.6 Å². The molecular weight excluding hydrogens is 489 g/mol. The smallest absolute Gasteiger partial charge is 0.226 e.